The van der Waals surface area contributed by atoms with Crippen LogP contribution in [0.25, 0.3) is 0 Å². The maximum Gasteiger partial charge on any atom is 0.495 e. The summed E-state index contributed by atoms with van der Waals surface area (Å²) in [5, 5.41) is 20.9. The van der Waals surface area contributed by atoms with Gasteiger partial charge in [0.05, 0.1) is 6.10 Å². The smallest absolute Gasteiger partial charge is 0.390 e. The highest BCUT2D eigenvalue weighted by Gasteiger charge is 2.77. The summed E-state index contributed by atoms with van der Waals surface area (Å²) in [6, 6.07) is 0. The number of fused-ring (bicyclic) bond motifs is 5. The van der Waals surface area contributed by atoms with Gasteiger partial charge in [-0.05, 0) is 61.2 Å². The molecule has 0 spiro atoms. The summed E-state index contributed by atoms with van der Waals surface area (Å²) in [5.74, 6) is -2.02. The van der Waals surface area contributed by atoms with Gasteiger partial charge in [0.15, 0.2) is 22.8 Å². The molecule has 8 heteroatoms. The van der Waals surface area contributed by atoms with Crippen LogP contribution in [0.1, 0.15) is 46.5 Å². The van der Waals surface area contributed by atoms with Gasteiger partial charge in [0, 0.05) is 16.7 Å². The van der Waals surface area contributed by atoms with E-state index in [0.717, 1.165) is 0 Å². The molecule has 4 aliphatic carbocycles. The molecule has 9 atom stereocenters. The number of halogens is 1. The van der Waals surface area contributed by atoms with Crippen LogP contribution < -0.4 is 0 Å². The first-order chi connectivity index (χ1) is 14.0. The molecule has 0 amide bonds. The summed E-state index contributed by atoms with van der Waals surface area (Å²) in [7, 11) is -1.21. The van der Waals surface area contributed by atoms with E-state index in [1.807, 2.05) is 0 Å². The topological polar surface area (TPSA) is 101 Å². The molecule has 4 aliphatic rings. The molecular weight excluding hydrogens is 410 g/mol. The number of ketones is 2. The van der Waals surface area contributed by atoms with Crippen molar-refractivity contribution in [2.45, 2.75) is 63.8 Å². The lowest BCUT2D eigenvalue weighted by Gasteiger charge is -2.62. The number of carbonyl (C=O) groups excluding carboxylic acids is 2. The van der Waals surface area contributed by atoms with E-state index in [-0.39, 0.29) is 18.1 Å². The second kappa shape index (κ2) is 6.86. The van der Waals surface area contributed by atoms with E-state index >= 15 is 4.39 Å². The summed E-state index contributed by atoms with van der Waals surface area (Å²) < 4.78 is 34.2. The van der Waals surface area contributed by atoms with Gasteiger partial charge in [-0.3, -0.25) is 9.59 Å². The Hall–Kier alpha value is -1.27. The fourth-order valence-electron chi connectivity index (χ4n) is 7.58. The highest BCUT2D eigenvalue weighted by molar-refractivity contribution is 7.17. The Kier molecular flexibility index (Phi) is 5.02. The molecule has 6 nitrogen and oxygen atoms in total. The van der Waals surface area contributed by atoms with Gasteiger partial charge in [-0.25, -0.2) is 4.39 Å². The molecule has 0 aliphatic heterocycles. The van der Waals surface area contributed by atoms with E-state index in [9.17, 15) is 24.4 Å². The molecule has 1 unspecified atom stereocenters. The maximum absolute atomic E-state index is 17.0. The zero-order chi connectivity index (χ0) is 22.1. The highest BCUT2D eigenvalue weighted by atomic mass is 31.1. The van der Waals surface area contributed by atoms with Crippen molar-refractivity contribution in [3.8, 4) is 0 Å². The Morgan fingerprint density at radius 2 is 2.07 bits per heavy atom. The standard InChI is InChI=1S/C22H29FO6P/c1-12-8-16-15-5-4-13-9-14(25)6-7-19(13,2)21(15,23)17(26)10-20(16,3)22(12,29-30-28)18(27)11-24/h6-7,9,12,15-17,24,26,30H,4-5,8,10-11H2,1-3H3/q+1/t12-,15+,16+,17+,19+,20+,21+,22+/m1/s1. The molecule has 0 saturated heterocycles. The first kappa shape index (κ1) is 21.9. The van der Waals surface area contributed by atoms with Gasteiger partial charge in [-0.15, -0.1) is 4.52 Å². The van der Waals surface area contributed by atoms with Crippen molar-refractivity contribution in [2.24, 2.45) is 28.6 Å². The van der Waals surface area contributed by atoms with Crippen LogP contribution in [-0.4, -0.2) is 45.8 Å². The predicted octanol–water partition coefficient (Wildman–Crippen LogP) is 2.86. The third kappa shape index (κ3) is 2.35. The van der Waals surface area contributed by atoms with E-state index in [0.29, 0.717) is 24.8 Å². The molecule has 30 heavy (non-hydrogen) atoms. The van der Waals surface area contributed by atoms with Crippen LogP contribution in [0.4, 0.5) is 4.39 Å². The van der Waals surface area contributed by atoms with Gasteiger partial charge in [-0.1, -0.05) is 25.5 Å². The van der Waals surface area contributed by atoms with Crippen molar-refractivity contribution < 1.29 is 33.3 Å². The number of carbonyl (C=O) groups is 2. The molecule has 0 heterocycles. The Morgan fingerprint density at radius 3 is 2.70 bits per heavy atom. The summed E-state index contributed by atoms with van der Waals surface area (Å²) in [4.78, 5) is 24.8. The quantitative estimate of drug-likeness (QED) is 0.654. The fraction of sp³-hybridized carbons (Fsp3) is 0.727. The fourth-order valence-corrected chi connectivity index (χ4v) is 8.26. The largest absolute Gasteiger partial charge is 0.495 e. The minimum Gasteiger partial charge on any atom is -0.390 e. The van der Waals surface area contributed by atoms with Crippen LogP contribution >= 0.6 is 8.69 Å². The minimum atomic E-state index is -2.00. The first-order valence-electron chi connectivity index (χ1n) is 10.5. The average molecular weight is 439 g/mol. The molecular formula is C22H29FO6P+. The van der Waals surface area contributed by atoms with E-state index < -0.39 is 61.1 Å². The molecule has 0 aromatic rings. The van der Waals surface area contributed by atoms with Crippen molar-refractivity contribution in [1.29, 1.82) is 0 Å². The van der Waals surface area contributed by atoms with E-state index in [4.69, 9.17) is 4.52 Å². The third-order valence-corrected chi connectivity index (χ3v) is 9.35. The molecule has 164 valence electrons. The summed E-state index contributed by atoms with van der Waals surface area (Å²) in [6.07, 6.45) is 4.40. The van der Waals surface area contributed by atoms with Crippen molar-refractivity contribution in [2.75, 3.05) is 6.61 Å². The van der Waals surface area contributed by atoms with Gasteiger partial charge in [-0.2, -0.15) is 0 Å². The molecule has 2 N–H and O–H groups in total. The minimum absolute atomic E-state index is 0.0596. The zero-order valence-electron chi connectivity index (χ0n) is 17.5. The SMILES string of the molecule is C[C@@H]1C[C@H]2[C@@H]3CCC4=CC(=O)C=C[C@]4(C)[C@@]3(F)[C@@H](O)C[C@]2(C)[C@@]1(O[PH+]=O)C(=O)CO. The lowest BCUT2D eigenvalue weighted by atomic mass is 9.44. The Bertz CT molecular complexity index is 872. The Balaban J connectivity index is 1.86. The van der Waals surface area contributed by atoms with Crippen molar-refractivity contribution in [3.05, 3.63) is 23.8 Å². The second-order valence-electron chi connectivity index (χ2n) is 9.90. The first-order valence-corrected chi connectivity index (χ1v) is 11.3. The second-order valence-corrected chi connectivity index (χ2v) is 10.3. The zero-order valence-corrected chi connectivity index (χ0v) is 18.5. The number of Topliss-reactive ketones (excluding diaryl/α,β-unsaturated/α-hetero) is 1. The lowest BCUT2D eigenvalue weighted by Crippen LogP contribution is -2.69. The highest BCUT2D eigenvalue weighted by Crippen LogP contribution is 2.71. The van der Waals surface area contributed by atoms with Crippen LogP contribution in [0.5, 0.6) is 0 Å². The van der Waals surface area contributed by atoms with Gasteiger partial charge >= 0.3 is 8.69 Å². The van der Waals surface area contributed by atoms with Gasteiger partial charge < -0.3 is 10.2 Å². The van der Waals surface area contributed by atoms with Crippen molar-refractivity contribution in [3.63, 3.8) is 0 Å². The number of allylic oxidation sites excluding steroid dienone is 4. The van der Waals surface area contributed by atoms with Crippen LogP contribution in [0.15, 0.2) is 23.8 Å². The van der Waals surface area contributed by atoms with Crippen LogP contribution in [0.3, 0.4) is 0 Å². The number of hydrogen-bond acceptors (Lipinski definition) is 6. The van der Waals surface area contributed by atoms with Crippen molar-refractivity contribution in [1.82, 2.24) is 0 Å². The predicted molar refractivity (Wildman–Crippen MR) is 108 cm³/mol. The number of rotatable bonds is 4. The van der Waals surface area contributed by atoms with Crippen molar-refractivity contribution >= 4 is 20.3 Å². The third-order valence-electron chi connectivity index (χ3n) is 8.94. The van der Waals surface area contributed by atoms with Crippen LogP contribution in [-0.2, 0) is 18.7 Å². The summed E-state index contributed by atoms with van der Waals surface area (Å²) >= 11 is 0. The van der Waals surface area contributed by atoms with Gasteiger partial charge in [0.25, 0.3) is 0 Å². The van der Waals surface area contributed by atoms with Gasteiger partial charge in [0.2, 0.25) is 0 Å². The monoisotopic (exact) mass is 439 g/mol. The number of alkyl halides is 1. The average Bonchev–Trinajstić information content (AvgIpc) is 2.91. The van der Waals surface area contributed by atoms with E-state index in [2.05, 4.69) is 0 Å². The Morgan fingerprint density at radius 1 is 1.37 bits per heavy atom. The maximum atomic E-state index is 17.0. The van der Waals surface area contributed by atoms with Crippen LogP contribution in [0.2, 0.25) is 0 Å². The molecule has 3 fully saturated rings. The molecule has 0 aromatic carbocycles. The normalized spacial score (nSPS) is 49.9. The Labute approximate surface area is 176 Å². The summed E-state index contributed by atoms with van der Waals surface area (Å²) in [6.45, 7) is 4.57. The summed E-state index contributed by atoms with van der Waals surface area (Å²) in [5.41, 5.74) is -4.94. The van der Waals surface area contributed by atoms with E-state index in [1.54, 1.807) is 26.8 Å². The van der Waals surface area contributed by atoms with Crippen LogP contribution in [0, 0.1) is 28.6 Å². The number of aliphatic hydroxyl groups excluding tert-OH is 2. The molecule has 0 bridgehead atoms. The molecule has 3 saturated carbocycles. The number of hydrogen-bond donors (Lipinski definition) is 2. The lowest BCUT2D eigenvalue weighted by molar-refractivity contribution is -0.214. The van der Waals surface area contributed by atoms with Gasteiger partial charge in [0.1, 0.15) is 6.61 Å². The molecule has 4 rings (SSSR count). The number of aliphatic hydroxyl groups is 2. The molecule has 0 radical (unpaired) electrons. The molecule has 0 aromatic heterocycles. The van der Waals surface area contributed by atoms with E-state index in [1.165, 1.54) is 12.2 Å².